The van der Waals surface area contributed by atoms with E-state index in [-0.39, 0.29) is 16.2 Å². The van der Waals surface area contributed by atoms with Crippen molar-refractivity contribution < 1.29 is 18.3 Å². The molecule has 1 amide bonds. The van der Waals surface area contributed by atoms with Crippen LogP contribution in [-0.2, 0) is 10.0 Å². The number of hydrogen-bond acceptors (Lipinski definition) is 4. The Labute approximate surface area is 122 Å². The van der Waals surface area contributed by atoms with Gasteiger partial charge in [-0.05, 0) is 36.8 Å². The van der Waals surface area contributed by atoms with Crippen LogP contribution in [0, 0.1) is 6.92 Å². The fraction of sp³-hybridized carbons (Fsp3) is 0.0714. The van der Waals surface area contributed by atoms with Gasteiger partial charge in [-0.1, -0.05) is 18.2 Å². The molecule has 110 valence electrons. The maximum absolute atomic E-state index is 12.1. The Morgan fingerprint density at radius 2 is 1.81 bits per heavy atom. The zero-order valence-electron chi connectivity index (χ0n) is 11.2. The van der Waals surface area contributed by atoms with Crippen LogP contribution < -0.4 is 10.5 Å². The van der Waals surface area contributed by atoms with Crippen molar-refractivity contribution in [3.63, 3.8) is 0 Å². The molecule has 0 aliphatic carbocycles. The number of amides is 1. The summed E-state index contributed by atoms with van der Waals surface area (Å²) in [7, 11) is -3.87. The highest BCUT2D eigenvalue weighted by molar-refractivity contribution is 7.89. The zero-order valence-corrected chi connectivity index (χ0v) is 12.0. The molecule has 2 aromatic rings. The second-order valence-electron chi connectivity index (χ2n) is 4.44. The molecule has 0 aliphatic rings. The summed E-state index contributed by atoms with van der Waals surface area (Å²) in [6.07, 6.45) is 0. The van der Waals surface area contributed by atoms with Crippen LogP contribution in [0.1, 0.15) is 15.9 Å². The minimum Gasteiger partial charge on any atom is -0.507 e. The van der Waals surface area contributed by atoms with E-state index in [2.05, 4.69) is 5.32 Å². The van der Waals surface area contributed by atoms with Crippen LogP contribution in [0.25, 0.3) is 0 Å². The Morgan fingerprint density at radius 1 is 1.14 bits per heavy atom. The van der Waals surface area contributed by atoms with Crippen molar-refractivity contribution in [2.24, 2.45) is 5.14 Å². The predicted molar refractivity (Wildman–Crippen MR) is 78.6 cm³/mol. The molecule has 0 radical (unpaired) electrons. The van der Waals surface area contributed by atoms with Gasteiger partial charge in [0.05, 0.1) is 10.5 Å². The first-order valence-electron chi connectivity index (χ1n) is 6.02. The first-order chi connectivity index (χ1) is 9.80. The lowest BCUT2D eigenvalue weighted by Crippen LogP contribution is -2.17. The standard InChI is InChI=1S/C14H14N2O4S/c1-9-11(6-4-8-13(9)21(15,19)20)16-14(18)10-5-2-3-7-12(10)17/h2-8,17H,1H3,(H,16,18)(H2,15,19,20). The third-order valence-electron chi connectivity index (χ3n) is 2.99. The number of phenolic OH excluding ortho intramolecular Hbond substituents is 1. The molecule has 4 N–H and O–H groups in total. The van der Waals surface area contributed by atoms with Crippen molar-refractivity contribution in [2.45, 2.75) is 11.8 Å². The normalized spacial score (nSPS) is 11.1. The number of nitrogens with one attached hydrogen (secondary N) is 1. The molecule has 0 fully saturated rings. The third-order valence-corrected chi connectivity index (χ3v) is 4.04. The highest BCUT2D eigenvalue weighted by atomic mass is 32.2. The Bertz CT molecular complexity index is 800. The highest BCUT2D eigenvalue weighted by Crippen LogP contribution is 2.24. The number of sulfonamides is 1. The first-order valence-corrected chi connectivity index (χ1v) is 7.57. The Morgan fingerprint density at radius 3 is 2.43 bits per heavy atom. The van der Waals surface area contributed by atoms with Gasteiger partial charge in [0.2, 0.25) is 10.0 Å². The molecule has 2 rings (SSSR count). The monoisotopic (exact) mass is 306 g/mol. The van der Waals surface area contributed by atoms with Crippen LogP contribution in [0.2, 0.25) is 0 Å². The number of carbonyl (C=O) groups is 1. The maximum atomic E-state index is 12.1. The molecule has 21 heavy (non-hydrogen) atoms. The van der Waals surface area contributed by atoms with Gasteiger partial charge >= 0.3 is 0 Å². The third kappa shape index (κ3) is 3.21. The van der Waals surface area contributed by atoms with Gasteiger partial charge in [0.15, 0.2) is 0 Å². The number of primary sulfonamides is 1. The van der Waals surface area contributed by atoms with Crippen LogP contribution in [0.5, 0.6) is 5.75 Å². The second kappa shape index (κ2) is 5.55. The van der Waals surface area contributed by atoms with Crippen LogP contribution in [-0.4, -0.2) is 19.4 Å². The Hall–Kier alpha value is -2.38. The number of para-hydroxylation sites is 1. The predicted octanol–water partition coefficient (Wildman–Crippen LogP) is 1.60. The fourth-order valence-electron chi connectivity index (χ4n) is 1.91. The molecule has 0 unspecified atom stereocenters. The van der Waals surface area contributed by atoms with Gasteiger partial charge in [-0.3, -0.25) is 4.79 Å². The summed E-state index contributed by atoms with van der Waals surface area (Å²) in [5.41, 5.74) is 0.747. The van der Waals surface area contributed by atoms with E-state index in [1.54, 1.807) is 25.1 Å². The van der Waals surface area contributed by atoms with Gasteiger partial charge in [0.25, 0.3) is 5.91 Å². The minimum atomic E-state index is -3.87. The van der Waals surface area contributed by atoms with Crippen molar-refractivity contribution in [1.82, 2.24) is 0 Å². The molecule has 0 atom stereocenters. The van der Waals surface area contributed by atoms with E-state index >= 15 is 0 Å². The van der Waals surface area contributed by atoms with Crippen molar-refractivity contribution in [1.29, 1.82) is 0 Å². The molecule has 0 saturated heterocycles. The Kier molecular flexibility index (Phi) is 3.97. The summed E-state index contributed by atoms with van der Waals surface area (Å²) < 4.78 is 22.9. The SMILES string of the molecule is Cc1c(NC(=O)c2ccccc2O)cccc1S(N)(=O)=O. The topological polar surface area (TPSA) is 109 Å². The van der Waals surface area contributed by atoms with Crippen molar-refractivity contribution in [2.75, 3.05) is 5.32 Å². The van der Waals surface area contributed by atoms with Crippen LogP contribution in [0.4, 0.5) is 5.69 Å². The number of phenols is 1. The molecule has 7 heteroatoms. The maximum Gasteiger partial charge on any atom is 0.259 e. The summed E-state index contributed by atoms with van der Waals surface area (Å²) in [5, 5.41) is 17.3. The highest BCUT2D eigenvalue weighted by Gasteiger charge is 2.16. The van der Waals surface area contributed by atoms with Crippen LogP contribution >= 0.6 is 0 Å². The minimum absolute atomic E-state index is 0.0578. The van der Waals surface area contributed by atoms with Crippen molar-refractivity contribution in [3.05, 3.63) is 53.6 Å². The summed E-state index contributed by atoms with van der Waals surface area (Å²) in [4.78, 5) is 12.0. The number of aromatic hydroxyl groups is 1. The lowest BCUT2D eigenvalue weighted by atomic mass is 10.1. The molecule has 0 aromatic heterocycles. The number of anilines is 1. The molecule has 6 nitrogen and oxygen atoms in total. The molecular weight excluding hydrogens is 292 g/mol. The molecule has 0 saturated carbocycles. The molecule has 0 aliphatic heterocycles. The molecular formula is C14H14N2O4S. The van der Waals surface area contributed by atoms with Crippen molar-refractivity contribution in [3.8, 4) is 5.75 Å². The summed E-state index contributed by atoms with van der Waals surface area (Å²) in [6, 6.07) is 10.5. The molecule has 2 aromatic carbocycles. The molecule has 0 heterocycles. The fourth-order valence-corrected chi connectivity index (χ4v) is 2.72. The van der Waals surface area contributed by atoms with E-state index in [1.165, 1.54) is 24.3 Å². The molecule has 0 spiro atoms. The average Bonchev–Trinajstić information content (AvgIpc) is 2.40. The quantitative estimate of drug-likeness (QED) is 0.800. The average molecular weight is 306 g/mol. The number of carbonyl (C=O) groups excluding carboxylic acids is 1. The van der Waals surface area contributed by atoms with Gasteiger partial charge in [0, 0.05) is 5.69 Å². The van der Waals surface area contributed by atoms with Crippen LogP contribution in [0.3, 0.4) is 0 Å². The largest absolute Gasteiger partial charge is 0.507 e. The van der Waals surface area contributed by atoms with Crippen LogP contribution in [0.15, 0.2) is 47.4 Å². The van der Waals surface area contributed by atoms with Gasteiger partial charge < -0.3 is 10.4 Å². The zero-order chi connectivity index (χ0) is 15.6. The van der Waals surface area contributed by atoms with Gasteiger partial charge in [0.1, 0.15) is 5.75 Å². The van der Waals surface area contributed by atoms with E-state index in [0.717, 1.165) is 0 Å². The number of rotatable bonds is 3. The lowest BCUT2D eigenvalue weighted by Gasteiger charge is -2.11. The number of hydrogen-bond donors (Lipinski definition) is 3. The van der Waals surface area contributed by atoms with E-state index in [9.17, 15) is 18.3 Å². The summed E-state index contributed by atoms with van der Waals surface area (Å²) in [5.74, 6) is -0.696. The number of nitrogens with two attached hydrogens (primary N) is 1. The molecule has 0 bridgehead atoms. The lowest BCUT2D eigenvalue weighted by molar-refractivity contribution is 0.102. The van der Waals surface area contributed by atoms with E-state index in [4.69, 9.17) is 5.14 Å². The second-order valence-corrected chi connectivity index (χ2v) is 5.97. The van der Waals surface area contributed by atoms with Gasteiger partial charge in [-0.2, -0.15) is 0 Å². The van der Waals surface area contributed by atoms with Gasteiger partial charge in [-0.15, -0.1) is 0 Å². The van der Waals surface area contributed by atoms with E-state index in [1.807, 2.05) is 0 Å². The van der Waals surface area contributed by atoms with Gasteiger partial charge in [-0.25, -0.2) is 13.6 Å². The first kappa shape index (κ1) is 15.0. The Balaban J connectivity index is 2.37. The summed E-state index contributed by atoms with van der Waals surface area (Å²) >= 11 is 0. The van der Waals surface area contributed by atoms with Crippen molar-refractivity contribution >= 4 is 21.6 Å². The van der Waals surface area contributed by atoms with E-state index < -0.39 is 15.9 Å². The van der Waals surface area contributed by atoms with E-state index in [0.29, 0.717) is 11.3 Å². The summed E-state index contributed by atoms with van der Waals surface area (Å²) in [6.45, 7) is 1.54. The smallest absolute Gasteiger partial charge is 0.259 e. The number of benzene rings is 2.